The zero-order valence-electron chi connectivity index (χ0n) is 9.37. The maximum Gasteiger partial charge on any atom is 0.163 e. The van der Waals surface area contributed by atoms with Crippen molar-refractivity contribution < 1.29 is 14.3 Å². The molecule has 0 aromatic heterocycles. The van der Waals surface area contributed by atoms with Gasteiger partial charge in [-0.15, -0.1) is 0 Å². The lowest BCUT2D eigenvalue weighted by Crippen LogP contribution is -2.00. The summed E-state index contributed by atoms with van der Waals surface area (Å²) in [7, 11) is 1.56. The van der Waals surface area contributed by atoms with E-state index in [2.05, 4.69) is 0 Å². The highest BCUT2D eigenvalue weighted by Crippen LogP contribution is 2.20. The first kappa shape index (κ1) is 11.7. The maximum atomic E-state index is 11.3. The molecule has 0 aliphatic rings. The van der Waals surface area contributed by atoms with Crippen molar-refractivity contribution in [2.45, 2.75) is 20.5 Å². The number of hydrogen-bond acceptors (Lipinski definition) is 3. The average molecular weight is 208 g/mol. The van der Waals surface area contributed by atoms with Crippen LogP contribution < -0.4 is 4.74 Å². The van der Waals surface area contributed by atoms with Crippen LogP contribution in [0.4, 0.5) is 0 Å². The van der Waals surface area contributed by atoms with Crippen LogP contribution in [0.3, 0.4) is 0 Å². The largest absolute Gasteiger partial charge is 0.496 e. The molecule has 0 unspecified atom stereocenters. The van der Waals surface area contributed by atoms with Gasteiger partial charge in [0.05, 0.1) is 19.3 Å². The van der Waals surface area contributed by atoms with E-state index in [1.165, 1.54) is 6.92 Å². The Morgan fingerprint density at radius 1 is 1.40 bits per heavy atom. The zero-order chi connectivity index (χ0) is 11.3. The van der Waals surface area contributed by atoms with Crippen molar-refractivity contribution in [1.29, 1.82) is 0 Å². The lowest BCUT2D eigenvalue weighted by molar-refractivity contribution is 0.101. The number of methoxy groups -OCH3 is 1. The van der Waals surface area contributed by atoms with Crippen LogP contribution in [0.15, 0.2) is 18.2 Å². The highest BCUT2D eigenvalue weighted by Gasteiger charge is 2.08. The van der Waals surface area contributed by atoms with Gasteiger partial charge >= 0.3 is 0 Å². The summed E-state index contributed by atoms with van der Waals surface area (Å²) >= 11 is 0. The fourth-order valence-corrected chi connectivity index (χ4v) is 1.34. The molecule has 82 valence electrons. The van der Waals surface area contributed by atoms with E-state index in [4.69, 9.17) is 9.47 Å². The molecular formula is C12H16O3. The highest BCUT2D eigenvalue weighted by atomic mass is 16.5. The molecule has 1 aromatic rings. The van der Waals surface area contributed by atoms with Crippen molar-refractivity contribution in [3.63, 3.8) is 0 Å². The van der Waals surface area contributed by atoms with Crippen molar-refractivity contribution in [3.8, 4) is 5.75 Å². The molecule has 0 amide bonds. The number of ether oxygens (including phenoxy) is 2. The quantitative estimate of drug-likeness (QED) is 0.697. The summed E-state index contributed by atoms with van der Waals surface area (Å²) in [6, 6.07) is 5.52. The predicted octanol–water partition coefficient (Wildman–Crippen LogP) is 2.43. The Hall–Kier alpha value is -1.35. The van der Waals surface area contributed by atoms with Crippen molar-refractivity contribution in [1.82, 2.24) is 0 Å². The third kappa shape index (κ3) is 3.06. The number of ketones is 1. The molecule has 0 saturated carbocycles. The normalized spacial score (nSPS) is 10.1. The van der Waals surface area contributed by atoms with Gasteiger partial charge in [-0.2, -0.15) is 0 Å². The Bertz CT molecular complexity index is 345. The van der Waals surface area contributed by atoms with Gasteiger partial charge in [0, 0.05) is 6.61 Å². The second-order valence-corrected chi connectivity index (χ2v) is 3.23. The predicted molar refractivity (Wildman–Crippen MR) is 58.3 cm³/mol. The van der Waals surface area contributed by atoms with E-state index >= 15 is 0 Å². The first-order valence-electron chi connectivity index (χ1n) is 4.94. The monoisotopic (exact) mass is 208 g/mol. The smallest absolute Gasteiger partial charge is 0.163 e. The first-order valence-corrected chi connectivity index (χ1v) is 4.94. The minimum absolute atomic E-state index is 0.00481. The van der Waals surface area contributed by atoms with Crippen molar-refractivity contribution in [2.24, 2.45) is 0 Å². The van der Waals surface area contributed by atoms with Crippen LogP contribution in [0.5, 0.6) is 5.75 Å². The van der Waals surface area contributed by atoms with E-state index in [1.807, 2.05) is 19.1 Å². The second kappa shape index (κ2) is 5.51. The summed E-state index contributed by atoms with van der Waals surface area (Å²) < 4.78 is 10.4. The molecule has 0 spiro atoms. The summed E-state index contributed by atoms with van der Waals surface area (Å²) in [5.41, 5.74) is 1.59. The number of Topliss-reactive ketones (excluding diaryl/α,β-unsaturated/α-hetero) is 1. The van der Waals surface area contributed by atoms with Crippen molar-refractivity contribution in [3.05, 3.63) is 29.3 Å². The van der Waals surface area contributed by atoms with Crippen LogP contribution in [0.1, 0.15) is 29.8 Å². The standard InChI is InChI=1S/C12H16O3/c1-4-15-8-10-5-6-12(14-3)11(7-10)9(2)13/h5-7H,4,8H2,1-3H3. The van der Waals surface area contributed by atoms with Gasteiger partial charge in [0.15, 0.2) is 5.78 Å². The maximum absolute atomic E-state index is 11.3. The molecule has 0 N–H and O–H groups in total. The van der Waals surface area contributed by atoms with Gasteiger partial charge in [-0.05, 0) is 31.5 Å². The lowest BCUT2D eigenvalue weighted by Gasteiger charge is -2.08. The molecule has 0 heterocycles. The van der Waals surface area contributed by atoms with Crippen LogP contribution in [-0.4, -0.2) is 19.5 Å². The Morgan fingerprint density at radius 3 is 2.67 bits per heavy atom. The van der Waals surface area contributed by atoms with E-state index in [0.29, 0.717) is 24.5 Å². The van der Waals surface area contributed by atoms with E-state index in [0.717, 1.165) is 5.56 Å². The molecule has 1 aromatic carbocycles. The van der Waals surface area contributed by atoms with Crippen molar-refractivity contribution >= 4 is 5.78 Å². The molecule has 3 heteroatoms. The highest BCUT2D eigenvalue weighted by molar-refractivity contribution is 5.97. The molecule has 0 radical (unpaired) electrons. The van der Waals surface area contributed by atoms with Gasteiger partial charge in [-0.1, -0.05) is 6.07 Å². The van der Waals surface area contributed by atoms with Gasteiger partial charge in [-0.25, -0.2) is 0 Å². The summed E-state index contributed by atoms with van der Waals surface area (Å²) in [5, 5.41) is 0. The summed E-state index contributed by atoms with van der Waals surface area (Å²) in [6.45, 7) is 4.67. The van der Waals surface area contributed by atoms with Crippen LogP contribution in [0.25, 0.3) is 0 Å². The number of hydrogen-bond donors (Lipinski definition) is 0. The summed E-state index contributed by atoms with van der Waals surface area (Å²) in [6.07, 6.45) is 0. The van der Waals surface area contributed by atoms with E-state index in [1.54, 1.807) is 13.2 Å². The Kier molecular flexibility index (Phi) is 4.31. The Labute approximate surface area is 90.0 Å². The Balaban J connectivity index is 2.94. The first-order chi connectivity index (χ1) is 7.19. The third-order valence-electron chi connectivity index (χ3n) is 2.12. The molecule has 15 heavy (non-hydrogen) atoms. The van der Waals surface area contributed by atoms with Crippen LogP contribution >= 0.6 is 0 Å². The summed E-state index contributed by atoms with van der Waals surface area (Å²) in [5.74, 6) is 0.618. The molecule has 0 atom stereocenters. The van der Waals surface area contributed by atoms with Crippen molar-refractivity contribution in [2.75, 3.05) is 13.7 Å². The topological polar surface area (TPSA) is 35.5 Å². The fourth-order valence-electron chi connectivity index (χ4n) is 1.34. The third-order valence-corrected chi connectivity index (χ3v) is 2.12. The molecule has 0 aliphatic carbocycles. The lowest BCUT2D eigenvalue weighted by atomic mass is 10.1. The Morgan fingerprint density at radius 2 is 2.13 bits per heavy atom. The fraction of sp³-hybridized carbons (Fsp3) is 0.417. The molecule has 0 aliphatic heterocycles. The second-order valence-electron chi connectivity index (χ2n) is 3.23. The van der Waals surface area contributed by atoms with Crippen LogP contribution in [-0.2, 0) is 11.3 Å². The number of carbonyl (C=O) groups excluding carboxylic acids is 1. The molecular weight excluding hydrogens is 192 g/mol. The molecule has 1 rings (SSSR count). The van der Waals surface area contributed by atoms with Gasteiger partial charge in [-0.3, -0.25) is 4.79 Å². The van der Waals surface area contributed by atoms with Gasteiger partial charge < -0.3 is 9.47 Å². The molecule has 0 bridgehead atoms. The average Bonchev–Trinajstić information content (AvgIpc) is 2.25. The number of benzene rings is 1. The molecule has 3 nitrogen and oxygen atoms in total. The van der Waals surface area contributed by atoms with Gasteiger partial charge in [0.25, 0.3) is 0 Å². The number of rotatable bonds is 5. The number of carbonyl (C=O) groups is 1. The van der Waals surface area contributed by atoms with E-state index in [9.17, 15) is 4.79 Å². The van der Waals surface area contributed by atoms with Gasteiger partial charge in [0.2, 0.25) is 0 Å². The van der Waals surface area contributed by atoms with Crippen LogP contribution in [0.2, 0.25) is 0 Å². The SMILES string of the molecule is CCOCc1ccc(OC)c(C(C)=O)c1. The molecule has 0 fully saturated rings. The molecule has 0 saturated heterocycles. The van der Waals surface area contributed by atoms with Crippen LogP contribution in [0, 0.1) is 0 Å². The minimum atomic E-state index is 0.00481. The van der Waals surface area contributed by atoms with Gasteiger partial charge in [0.1, 0.15) is 5.75 Å². The zero-order valence-corrected chi connectivity index (χ0v) is 9.37. The minimum Gasteiger partial charge on any atom is -0.496 e. The summed E-state index contributed by atoms with van der Waals surface area (Å²) in [4.78, 5) is 11.3. The van der Waals surface area contributed by atoms with E-state index < -0.39 is 0 Å². The van der Waals surface area contributed by atoms with E-state index in [-0.39, 0.29) is 5.78 Å².